The predicted molar refractivity (Wildman–Crippen MR) is 118 cm³/mol. The molecule has 0 saturated carbocycles. The molecule has 5 nitrogen and oxygen atoms in total. The van der Waals surface area contributed by atoms with E-state index in [1.807, 2.05) is 11.4 Å². The number of thiocarbonyl (C=S) groups is 1. The van der Waals surface area contributed by atoms with Gasteiger partial charge in [-0.15, -0.1) is 11.3 Å². The van der Waals surface area contributed by atoms with Crippen LogP contribution in [0.15, 0.2) is 72.1 Å². The minimum atomic E-state index is -5.17. The molecule has 4 rings (SSSR count). The highest BCUT2D eigenvalue weighted by Crippen LogP contribution is 2.44. The number of hydrogen-bond donors (Lipinski definition) is 3. The van der Waals surface area contributed by atoms with Crippen molar-refractivity contribution in [1.82, 2.24) is 10.6 Å². The van der Waals surface area contributed by atoms with E-state index in [1.165, 1.54) is 12.1 Å². The SMILES string of the molecule is O=C(c1cccs1)[C@@H]1[C@H](c2cccc(Oc3ccccc3)c2)NC(=S)N[C@@]1(O)C(F)(F)F. The minimum Gasteiger partial charge on any atom is -0.457 e. The number of benzene rings is 2. The molecule has 3 aromatic rings. The lowest BCUT2D eigenvalue weighted by Crippen LogP contribution is -2.72. The zero-order valence-electron chi connectivity index (χ0n) is 16.3. The molecule has 1 saturated heterocycles. The number of Topliss-reactive ketones (excluding diaryl/α,β-unsaturated/α-hetero) is 1. The van der Waals surface area contributed by atoms with Gasteiger partial charge in [0.15, 0.2) is 10.9 Å². The second kappa shape index (κ2) is 8.53. The summed E-state index contributed by atoms with van der Waals surface area (Å²) < 4.78 is 47.9. The molecule has 166 valence electrons. The summed E-state index contributed by atoms with van der Waals surface area (Å²) in [5, 5.41) is 16.5. The van der Waals surface area contributed by atoms with E-state index in [0.717, 1.165) is 11.3 Å². The molecule has 2 aromatic carbocycles. The summed E-state index contributed by atoms with van der Waals surface area (Å²) in [7, 11) is 0. The van der Waals surface area contributed by atoms with E-state index in [2.05, 4.69) is 5.32 Å². The first-order valence-corrected chi connectivity index (χ1v) is 10.8. The number of thiophene rings is 1. The number of carbonyl (C=O) groups is 1. The number of para-hydroxylation sites is 1. The first kappa shape index (κ1) is 22.3. The Bertz CT molecular complexity index is 1120. The first-order chi connectivity index (χ1) is 15.2. The number of aliphatic hydroxyl groups is 1. The highest BCUT2D eigenvalue weighted by Gasteiger charge is 2.65. The van der Waals surface area contributed by atoms with Gasteiger partial charge in [0.1, 0.15) is 17.4 Å². The zero-order chi connectivity index (χ0) is 22.9. The van der Waals surface area contributed by atoms with Gasteiger partial charge in [-0.3, -0.25) is 4.79 Å². The van der Waals surface area contributed by atoms with Crippen LogP contribution in [-0.2, 0) is 0 Å². The monoisotopic (exact) mass is 478 g/mol. The third-order valence-electron chi connectivity index (χ3n) is 5.05. The second-order valence-electron chi connectivity index (χ2n) is 7.15. The van der Waals surface area contributed by atoms with Crippen molar-refractivity contribution in [2.24, 2.45) is 5.92 Å². The summed E-state index contributed by atoms with van der Waals surface area (Å²) in [4.78, 5) is 13.3. The lowest BCUT2D eigenvalue weighted by Gasteiger charge is -2.46. The Balaban J connectivity index is 1.77. The lowest BCUT2D eigenvalue weighted by molar-refractivity contribution is -0.285. The van der Waals surface area contributed by atoms with Crippen LogP contribution in [-0.4, -0.2) is 27.9 Å². The average Bonchev–Trinajstić information content (AvgIpc) is 3.28. The Morgan fingerprint density at radius 2 is 1.78 bits per heavy atom. The van der Waals surface area contributed by atoms with Crippen LogP contribution in [0.5, 0.6) is 11.5 Å². The van der Waals surface area contributed by atoms with Gasteiger partial charge in [0.2, 0.25) is 5.72 Å². The Hall–Kier alpha value is -2.95. The van der Waals surface area contributed by atoms with E-state index < -0.39 is 34.8 Å². The fourth-order valence-corrected chi connectivity index (χ4v) is 4.57. The van der Waals surface area contributed by atoms with Gasteiger partial charge < -0.3 is 20.5 Å². The van der Waals surface area contributed by atoms with Crippen molar-refractivity contribution in [3.63, 3.8) is 0 Å². The Labute approximate surface area is 190 Å². The molecule has 32 heavy (non-hydrogen) atoms. The van der Waals surface area contributed by atoms with Crippen molar-refractivity contribution in [2.75, 3.05) is 0 Å². The van der Waals surface area contributed by atoms with Crippen molar-refractivity contribution in [1.29, 1.82) is 0 Å². The maximum Gasteiger partial charge on any atom is 0.437 e. The summed E-state index contributed by atoms with van der Waals surface area (Å²) in [6.07, 6.45) is -5.17. The van der Waals surface area contributed by atoms with Gasteiger partial charge >= 0.3 is 6.18 Å². The van der Waals surface area contributed by atoms with Crippen LogP contribution >= 0.6 is 23.6 Å². The third kappa shape index (κ3) is 4.21. The maximum absolute atomic E-state index is 14.0. The van der Waals surface area contributed by atoms with E-state index in [0.29, 0.717) is 17.1 Å². The topological polar surface area (TPSA) is 70.6 Å². The molecule has 0 unspecified atom stereocenters. The summed E-state index contributed by atoms with van der Waals surface area (Å²) in [5.74, 6) is -1.91. The van der Waals surface area contributed by atoms with Crippen molar-refractivity contribution < 1.29 is 27.8 Å². The molecule has 1 fully saturated rings. The standard InChI is InChI=1S/C22H17F3N2O3S2/c23-22(24,25)21(29)17(19(28)16-10-5-11-32-16)18(26-20(31)27-21)13-6-4-9-15(12-13)30-14-7-2-1-3-8-14/h1-12,17-18,29H,(H2,26,27,31)/t17-,18-,21-/m0/s1. The molecule has 3 N–H and O–H groups in total. The Morgan fingerprint density at radius 3 is 2.44 bits per heavy atom. The molecule has 0 amide bonds. The number of ether oxygens (including phenoxy) is 1. The normalized spacial score (nSPS) is 23.2. The molecule has 1 aliphatic rings. The molecule has 0 spiro atoms. The number of hydrogen-bond acceptors (Lipinski definition) is 5. The van der Waals surface area contributed by atoms with Crippen molar-refractivity contribution >= 4 is 34.5 Å². The highest BCUT2D eigenvalue weighted by molar-refractivity contribution is 7.80. The fraction of sp³-hybridized carbons (Fsp3) is 0.182. The number of ketones is 1. The van der Waals surface area contributed by atoms with E-state index in [-0.39, 0.29) is 4.88 Å². The average molecular weight is 479 g/mol. The van der Waals surface area contributed by atoms with Crippen LogP contribution in [0.25, 0.3) is 0 Å². The number of alkyl halides is 3. The molecule has 1 aromatic heterocycles. The van der Waals surface area contributed by atoms with Crippen LogP contribution in [0.3, 0.4) is 0 Å². The van der Waals surface area contributed by atoms with Gasteiger partial charge in [0.05, 0.1) is 10.9 Å². The quantitative estimate of drug-likeness (QED) is 0.361. The summed E-state index contributed by atoms with van der Waals surface area (Å²) in [6, 6.07) is 16.9. The molecular formula is C22H17F3N2O3S2. The Kier molecular flexibility index (Phi) is 5.93. The Morgan fingerprint density at radius 1 is 1.06 bits per heavy atom. The molecule has 2 heterocycles. The van der Waals surface area contributed by atoms with Crippen LogP contribution in [0.2, 0.25) is 0 Å². The molecule has 1 aliphatic heterocycles. The highest BCUT2D eigenvalue weighted by atomic mass is 32.1. The third-order valence-corrected chi connectivity index (χ3v) is 6.15. The van der Waals surface area contributed by atoms with Crippen LogP contribution in [0.1, 0.15) is 21.3 Å². The molecule has 0 bridgehead atoms. The van der Waals surface area contributed by atoms with Crippen molar-refractivity contribution in [3.8, 4) is 11.5 Å². The van der Waals surface area contributed by atoms with Crippen molar-refractivity contribution in [3.05, 3.63) is 82.6 Å². The lowest BCUT2D eigenvalue weighted by atomic mass is 9.78. The van der Waals surface area contributed by atoms with Gasteiger partial charge in [0.25, 0.3) is 0 Å². The molecule has 0 radical (unpaired) electrons. The summed E-state index contributed by atoms with van der Waals surface area (Å²) in [6.45, 7) is 0. The molecular weight excluding hydrogens is 461 g/mol. The number of rotatable bonds is 5. The second-order valence-corrected chi connectivity index (χ2v) is 8.50. The minimum absolute atomic E-state index is 0.0933. The smallest absolute Gasteiger partial charge is 0.437 e. The predicted octanol–water partition coefficient (Wildman–Crippen LogP) is 4.81. The van der Waals surface area contributed by atoms with Gasteiger partial charge in [-0.1, -0.05) is 36.4 Å². The first-order valence-electron chi connectivity index (χ1n) is 9.47. The van der Waals surface area contributed by atoms with Gasteiger partial charge in [0, 0.05) is 0 Å². The summed E-state index contributed by atoms with van der Waals surface area (Å²) >= 11 is 5.95. The number of halogens is 3. The molecule has 3 atom stereocenters. The van der Waals surface area contributed by atoms with Gasteiger partial charge in [-0.25, -0.2) is 0 Å². The van der Waals surface area contributed by atoms with Gasteiger partial charge in [-0.2, -0.15) is 13.2 Å². The van der Waals surface area contributed by atoms with E-state index in [9.17, 15) is 23.1 Å². The fourth-order valence-electron chi connectivity index (χ4n) is 3.58. The number of carbonyl (C=O) groups excluding carboxylic acids is 1. The van der Waals surface area contributed by atoms with Gasteiger partial charge in [-0.05, 0) is 53.5 Å². The van der Waals surface area contributed by atoms with Crippen LogP contribution in [0, 0.1) is 5.92 Å². The van der Waals surface area contributed by atoms with Crippen LogP contribution in [0.4, 0.5) is 13.2 Å². The maximum atomic E-state index is 14.0. The summed E-state index contributed by atoms with van der Waals surface area (Å²) in [5.41, 5.74) is -3.25. The van der Waals surface area contributed by atoms with Crippen LogP contribution < -0.4 is 15.4 Å². The molecule has 10 heteroatoms. The van der Waals surface area contributed by atoms with E-state index in [4.69, 9.17) is 17.0 Å². The largest absolute Gasteiger partial charge is 0.457 e. The van der Waals surface area contributed by atoms with E-state index >= 15 is 0 Å². The van der Waals surface area contributed by atoms with E-state index in [1.54, 1.807) is 53.9 Å². The number of nitrogens with one attached hydrogen (secondary N) is 2. The molecule has 0 aliphatic carbocycles. The zero-order valence-corrected chi connectivity index (χ0v) is 17.9. The van der Waals surface area contributed by atoms with Crippen molar-refractivity contribution in [2.45, 2.75) is 17.9 Å².